The molecule has 67 heavy (non-hydrogen) atoms. The van der Waals surface area contributed by atoms with Gasteiger partial charge in [-0.05, 0) is 123 Å². The van der Waals surface area contributed by atoms with Gasteiger partial charge in [0.15, 0.2) is 0 Å². The Kier molecular flexibility index (Phi) is 43.4. The Morgan fingerprint density at radius 2 is 0.612 bits per heavy atom. The molecule has 0 saturated carbocycles. The van der Waals surface area contributed by atoms with Crippen LogP contribution in [0, 0.1) is 0 Å². The molecule has 0 aromatic rings. The van der Waals surface area contributed by atoms with Gasteiger partial charge in [-0.15, -0.1) is 0 Å². The molecule has 0 heterocycles. The van der Waals surface area contributed by atoms with Crippen molar-refractivity contribution in [3.63, 3.8) is 0 Å². The average molecular weight is 956 g/mol. The predicted octanol–water partition coefficient (Wildman–Crippen LogP) is 10.7. The molecule has 390 valence electrons. The molecular formula is C52H93NO14. The van der Waals surface area contributed by atoms with Crippen LogP contribution in [-0.2, 0) is 66.7 Å². The summed E-state index contributed by atoms with van der Waals surface area (Å²) in [5.74, 6) is -4.00. The molecule has 0 saturated heterocycles. The zero-order valence-electron chi connectivity index (χ0n) is 42.5. The van der Waals surface area contributed by atoms with Gasteiger partial charge in [0.2, 0.25) is 5.60 Å². The van der Waals surface area contributed by atoms with E-state index < -0.39 is 42.3 Å². The normalized spacial score (nSPS) is 11.2. The summed E-state index contributed by atoms with van der Waals surface area (Å²) < 4.78 is 38.5. The van der Waals surface area contributed by atoms with Crippen molar-refractivity contribution in [1.29, 1.82) is 0 Å². The third-order valence-electron chi connectivity index (χ3n) is 11.2. The Bertz CT molecular complexity index is 1240. The van der Waals surface area contributed by atoms with E-state index in [4.69, 9.17) is 33.2 Å². The van der Waals surface area contributed by atoms with Crippen LogP contribution in [0.5, 0.6) is 0 Å². The number of unbranched alkanes of at least 4 members (excludes halogenated alkanes) is 20. The quantitative estimate of drug-likeness (QED) is 0.0343. The highest BCUT2D eigenvalue weighted by Gasteiger charge is 2.49. The fourth-order valence-electron chi connectivity index (χ4n) is 7.11. The minimum absolute atomic E-state index is 0.0332. The van der Waals surface area contributed by atoms with Gasteiger partial charge in [0.05, 0.1) is 52.5 Å². The van der Waals surface area contributed by atoms with Crippen molar-refractivity contribution in [1.82, 2.24) is 5.32 Å². The third-order valence-corrected chi connectivity index (χ3v) is 11.2. The molecule has 0 unspecified atom stereocenters. The average Bonchev–Trinajstić information content (AvgIpc) is 3.30. The zero-order chi connectivity index (χ0) is 49.5. The number of rotatable bonds is 48. The first-order chi connectivity index (χ1) is 32.5. The number of hydrogen-bond acceptors (Lipinski definition) is 15. The van der Waals surface area contributed by atoms with Crippen LogP contribution in [0.3, 0.4) is 0 Å². The zero-order valence-corrected chi connectivity index (χ0v) is 42.5. The fraction of sp³-hybridized carbons (Fsp3) is 0.865. The lowest BCUT2D eigenvalue weighted by atomic mass is 9.94. The summed E-state index contributed by atoms with van der Waals surface area (Å²) in [4.78, 5) is 90.0. The lowest BCUT2D eigenvalue weighted by Gasteiger charge is -2.30. The van der Waals surface area contributed by atoms with E-state index in [1.807, 2.05) is 7.05 Å². The maximum absolute atomic E-state index is 14.0. The molecule has 0 aromatic heterocycles. The van der Waals surface area contributed by atoms with Crippen molar-refractivity contribution >= 4 is 41.8 Å². The third kappa shape index (κ3) is 39.9. The topological polar surface area (TPSA) is 196 Å². The number of carbonyl (C=O) groups is 7. The first kappa shape index (κ1) is 63.2. The molecule has 0 amide bonds. The second-order valence-electron chi connectivity index (χ2n) is 17.6. The summed E-state index contributed by atoms with van der Waals surface area (Å²) in [6.45, 7) is 8.13. The van der Waals surface area contributed by atoms with Gasteiger partial charge >= 0.3 is 41.8 Å². The Labute approximate surface area is 404 Å². The largest absolute Gasteiger partial charge is 0.466 e. The lowest BCUT2D eigenvalue weighted by molar-refractivity contribution is -0.191. The van der Waals surface area contributed by atoms with Crippen LogP contribution in [0.15, 0.2) is 0 Å². The van der Waals surface area contributed by atoms with E-state index in [2.05, 4.69) is 26.1 Å². The van der Waals surface area contributed by atoms with Gasteiger partial charge in [-0.1, -0.05) is 85.0 Å². The van der Waals surface area contributed by atoms with E-state index in [-0.39, 0.29) is 44.1 Å². The molecule has 0 spiro atoms. The number of ether oxygens (including phenoxy) is 7. The summed E-state index contributed by atoms with van der Waals surface area (Å²) in [6, 6.07) is 0. The second kappa shape index (κ2) is 46.0. The smallest absolute Gasteiger partial charge is 0.351 e. The predicted molar refractivity (Wildman–Crippen MR) is 258 cm³/mol. The molecule has 15 heteroatoms. The molecule has 0 atom stereocenters. The van der Waals surface area contributed by atoms with E-state index in [1.54, 1.807) is 0 Å². The summed E-state index contributed by atoms with van der Waals surface area (Å²) in [7, 11) is 1.84. The first-order valence-corrected chi connectivity index (χ1v) is 26.3. The van der Waals surface area contributed by atoms with Crippen molar-refractivity contribution in [3.8, 4) is 0 Å². The van der Waals surface area contributed by atoms with Crippen LogP contribution in [0.25, 0.3) is 0 Å². The van der Waals surface area contributed by atoms with Gasteiger partial charge in [-0.25, -0.2) is 4.79 Å². The molecule has 0 bridgehead atoms. The highest BCUT2D eigenvalue weighted by atomic mass is 16.6. The van der Waals surface area contributed by atoms with Crippen LogP contribution in [-0.4, -0.2) is 101 Å². The molecular weight excluding hydrogens is 863 g/mol. The van der Waals surface area contributed by atoms with Crippen molar-refractivity contribution < 1.29 is 66.7 Å². The van der Waals surface area contributed by atoms with Gasteiger partial charge in [0, 0.05) is 25.7 Å². The van der Waals surface area contributed by atoms with E-state index >= 15 is 0 Å². The van der Waals surface area contributed by atoms with E-state index in [0.717, 1.165) is 116 Å². The first-order valence-electron chi connectivity index (χ1n) is 26.3. The molecule has 0 aliphatic heterocycles. The highest BCUT2D eigenvalue weighted by Crippen LogP contribution is 2.27. The number of hydrogen-bond donors (Lipinski definition) is 1. The Morgan fingerprint density at radius 3 is 0.940 bits per heavy atom. The molecule has 0 radical (unpaired) electrons. The summed E-state index contributed by atoms with van der Waals surface area (Å²) in [5, 5.41) is 3.06. The monoisotopic (exact) mass is 956 g/mol. The number of carbonyl (C=O) groups excluding carboxylic acids is 7. The van der Waals surface area contributed by atoms with E-state index in [9.17, 15) is 33.6 Å². The van der Waals surface area contributed by atoms with Crippen LogP contribution in [0.2, 0.25) is 0 Å². The van der Waals surface area contributed by atoms with Crippen LogP contribution in [0.1, 0.15) is 233 Å². The van der Waals surface area contributed by atoms with Crippen molar-refractivity contribution in [3.05, 3.63) is 0 Å². The summed E-state index contributed by atoms with van der Waals surface area (Å²) in [6.07, 6.45) is 21.7. The van der Waals surface area contributed by atoms with E-state index in [1.165, 1.54) is 0 Å². The molecule has 15 nitrogen and oxygen atoms in total. The van der Waals surface area contributed by atoms with Crippen molar-refractivity contribution in [2.45, 2.75) is 238 Å². The van der Waals surface area contributed by atoms with Crippen LogP contribution in [0.4, 0.5) is 0 Å². The van der Waals surface area contributed by atoms with Gasteiger partial charge in [0.1, 0.15) is 0 Å². The maximum Gasteiger partial charge on any atom is 0.351 e. The minimum atomic E-state index is -2.30. The van der Waals surface area contributed by atoms with Crippen LogP contribution < -0.4 is 5.32 Å². The Morgan fingerprint density at radius 1 is 0.328 bits per heavy atom. The molecule has 0 fully saturated rings. The number of nitrogens with one attached hydrogen (secondary N) is 1. The van der Waals surface area contributed by atoms with Gasteiger partial charge in [-0.2, -0.15) is 0 Å². The van der Waals surface area contributed by atoms with Gasteiger partial charge in [-0.3, -0.25) is 28.8 Å². The van der Waals surface area contributed by atoms with Crippen molar-refractivity contribution in [2.24, 2.45) is 0 Å². The SMILES string of the molecule is CCCCCCC(=O)OCCCCCCOC(=O)CC(CC(=O)OCCCCCCOC(=O)CCCCCC)(OC(=O)CCCCCNC)C(=O)OCCCCCCOC(=O)CCCCCC. The fourth-order valence-corrected chi connectivity index (χ4v) is 7.11. The van der Waals surface area contributed by atoms with Gasteiger partial charge < -0.3 is 38.5 Å². The molecule has 0 aliphatic carbocycles. The summed E-state index contributed by atoms with van der Waals surface area (Å²) >= 11 is 0. The second-order valence-corrected chi connectivity index (χ2v) is 17.6. The number of esters is 7. The van der Waals surface area contributed by atoms with Crippen molar-refractivity contribution in [2.75, 3.05) is 53.2 Å². The van der Waals surface area contributed by atoms with Gasteiger partial charge in [0.25, 0.3) is 0 Å². The van der Waals surface area contributed by atoms with Crippen LogP contribution >= 0.6 is 0 Å². The molecule has 0 rings (SSSR count). The maximum atomic E-state index is 14.0. The summed E-state index contributed by atoms with van der Waals surface area (Å²) in [5.41, 5.74) is -2.30. The minimum Gasteiger partial charge on any atom is -0.466 e. The standard InChI is InChI=1S/C52H93NO14/c1-5-8-11-21-32-45(54)61-37-26-14-16-29-40-64-49(58)43-52(67-48(57)35-24-20-25-36-53-4,51(60)66-42-31-19-18-28-39-63-47(56)34-23-13-10-7-3)44-50(59)65-41-30-17-15-27-38-62-46(55)33-22-12-9-6-2/h53H,5-44H2,1-4H3. The molecule has 0 aliphatic rings. The molecule has 1 N–H and O–H groups in total. The molecule has 0 aromatic carbocycles. The van der Waals surface area contributed by atoms with E-state index in [0.29, 0.717) is 103 Å². The lowest BCUT2D eigenvalue weighted by Crippen LogP contribution is -2.48. The Balaban J connectivity index is 5.48. The Hall–Kier alpha value is -3.75. The highest BCUT2D eigenvalue weighted by molar-refractivity contribution is 5.92.